The van der Waals surface area contributed by atoms with E-state index in [2.05, 4.69) is 55.3 Å². The first-order chi connectivity index (χ1) is 9.70. The molecule has 0 bridgehead atoms. The minimum atomic E-state index is 0.884. The average Bonchev–Trinajstić information content (AvgIpc) is 2.45. The molecule has 3 heteroatoms. The Morgan fingerprint density at radius 3 is 2.85 bits per heavy atom. The Bertz CT molecular complexity index is 567. The van der Waals surface area contributed by atoms with Crippen molar-refractivity contribution in [1.82, 2.24) is 10.3 Å². The molecule has 1 N–H and O–H groups in total. The standard InChI is InChI=1S/C17H22N2S/c1-4-9-18-12-15-6-5-10-19-17(15)20-16-11-13(2)7-8-14(16)3/h5-8,10-11,18H,4,9,12H2,1-3H3. The van der Waals surface area contributed by atoms with Crippen LogP contribution in [0.5, 0.6) is 0 Å². The van der Waals surface area contributed by atoms with E-state index in [1.54, 1.807) is 11.8 Å². The van der Waals surface area contributed by atoms with Crippen LogP contribution < -0.4 is 5.32 Å². The van der Waals surface area contributed by atoms with E-state index in [1.165, 1.54) is 21.6 Å². The van der Waals surface area contributed by atoms with Crippen LogP contribution in [-0.4, -0.2) is 11.5 Å². The summed E-state index contributed by atoms with van der Waals surface area (Å²) in [5, 5.41) is 4.55. The highest BCUT2D eigenvalue weighted by Crippen LogP contribution is 2.31. The van der Waals surface area contributed by atoms with Crippen molar-refractivity contribution in [2.75, 3.05) is 6.54 Å². The Labute approximate surface area is 126 Å². The molecule has 0 aliphatic rings. The monoisotopic (exact) mass is 286 g/mol. The maximum absolute atomic E-state index is 4.55. The van der Waals surface area contributed by atoms with E-state index in [0.717, 1.165) is 24.5 Å². The molecule has 0 unspecified atom stereocenters. The number of aryl methyl sites for hydroxylation is 2. The van der Waals surface area contributed by atoms with Gasteiger partial charge in [-0.05, 0) is 55.6 Å². The molecule has 0 aliphatic carbocycles. The lowest BCUT2D eigenvalue weighted by atomic mass is 10.2. The van der Waals surface area contributed by atoms with E-state index in [0.29, 0.717) is 0 Å². The largest absolute Gasteiger partial charge is 0.313 e. The van der Waals surface area contributed by atoms with Crippen molar-refractivity contribution < 1.29 is 0 Å². The third-order valence-electron chi connectivity index (χ3n) is 3.14. The SMILES string of the molecule is CCCNCc1cccnc1Sc1cc(C)ccc1C. The molecule has 1 aromatic heterocycles. The molecule has 2 rings (SSSR count). The van der Waals surface area contributed by atoms with Crippen molar-refractivity contribution in [1.29, 1.82) is 0 Å². The van der Waals surface area contributed by atoms with E-state index in [4.69, 9.17) is 0 Å². The van der Waals surface area contributed by atoms with E-state index in [1.807, 2.05) is 12.3 Å². The van der Waals surface area contributed by atoms with Crippen molar-refractivity contribution in [2.45, 2.75) is 43.7 Å². The molecule has 2 nitrogen and oxygen atoms in total. The number of hydrogen-bond acceptors (Lipinski definition) is 3. The van der Waals surface area contributed by atoms with Gasteiger partial charge in [0.05, 0.1) is 0 Å². The molecule has 0 radical (unpaired) electrons. The first-order valence-corrected chi connectivity index (χ1v) is 7.92. The molecule has 20 heavy (non-hydrogen) atoms. The van der Waals surface area contributed by atoms with Gasteiger partial charge in [0.25, 0.3) is 0 Å². The van der Waals surface area contributed by atoms with Gasteiger partial charge in [-0.3, -0.25) is 0 Å². The molecule has 0 saturated carbocycles. The fourth-order valence-corrected chi connectivity index (χ4v) is 3.04. The molecule has 0 spiro atoms. The van der Waals surface area contributed by atoms with Gasteiger partial charge in [-0.1, -0.05) is 36.9 Å². The summed E-state index contributed by atoms with van der Waals surface area (Å²) < 4.78 is 0. The van der Waals surface area contributed by atoms with Crippen molar-refractivity contribution in [3.63, 3.8) is 0 Å². The van der Waals surface area contributed by atoms with E-state index >= 15 is 0 Å². The van der Waals surface area contributed by atoms with Crippen molar-refractivity contribution in [3.8, 4) is 0 Å². The minimum absolute atomic E-state index is 0.884. The molecular formula is C17H22N2S. The van der Waals surface area contributed by atoms with Gasteiger partial charge in [-0.25, -0.2) is 4.98 Å². The second-order valence-corrected chi connectivity index (χ2v) is 6.05. The molecule has 1 heterocycles. The van der Waals surface area contributed by atoms with Gasteiger partial charge < -0.3 is 5.32 Å². The smallest absolute Gasteiger partial charge is 0.105 e. The molecule has 0 aliphatic heterocycles. The summed E-state index contributed by atoms with van der Waals surface area (Å²) in [7, 11) is 0. The number of pyridine rings is 1. The Hall–Kier alpha value is -1.32. The van der Waals surface area contributed by atoms with Gasteiger partial charge in [0.15, 0.2) is 0 Å². The number of nitrogens with one attached hydrogen (secondary N) is 1. The maximum Gasteiger partial charge on any atom is 0.105 e. The normalized spacial score (nSPS) is 10.8. The second kappa shape index (κ2) is 7.46. The summed E-state index contributed by atoms with van der Waals surface area (Å²) in [5.74, 6) is 0. The van der Waals surface area contributed by atoms with Crippen molar-refractivity contribution >= 4 is 11.8 Å². The predicted molar refractivity (Wildman–Crippen MR) is 86.3 cm³/mol. The molecule has 0 fully saturated rings. The average molecular weight is 286 g/mol. The highest BCUT2D eigenvalue weighted by atomic mass is 32.2. The van der Waals surface area contributed by atoms with Crippen LogP contribution in [0.25, 0.3) is 0 Å². The van der Waals surface area contributed by atoms with Crippen LogP contribution in [0.1, 0.15) is 30.0 Å². The van der Waals surface area contributed by atoms with Crippen LogP contribution >= 0.6 is 11.8 Å². The predicted octanol–water partition coefficient (Wildman–Crippen LogP) is 4.35. The van der Waals surface area contributed by atoms with Gasteiger partial charge in [0.1, 0.15) is 5.03 Å². The van der Waals surface area contributed by atoms with E-state index in [-0.39, 0.29) is 0 Å². The second-order valence-electron chi connectivity index (χ2n) is 5.02. The number of aromatic nitrogens is 1. The summed E-state index contributed by atoms with van der Waals surface area (Å²) in [5.41, 5.74) is 3.87. The van der Waals surface area contributed by atoms with E-state index < -0.39 is 0 Å². The number of rotatable bonds is 6. The lowest BCUT2D eigenvalue weighted by Crippen LogP contribution is -2.14. The van der Waals surface area contributed by atoms with Crippen LogP contribution in [0.2, 0.25) is 0 Å². The number of benzene rings is 1. The zero-order valence-corrected chi connectivity index (χ0v) is 13.3. The van der Waals surface area contributed by atoms with Crippen molar-refractivity contribution in [2.24, 2.45) is 0 Å². The van der Waals surface area contributed by atoms with Crippen LogP contribution in [0.4, 0.5) is 0 Å². The zero-order chi connectivity index (χ0) is 14.4. The lowest BCUT2D eigenvalue weighted by Gasteiger charge is -2.11. The summed E-state index contributed by atoms with van der Waals surface area (Å²) in [6.07, 6.45) is 3.02. The Kier molecular flexibility index (Phi) is 5.62. The summed E-state index contributed by atoms with van der Waals surface area (Å²) in [6, 6.07) is 10.7. The Morgan fingerprint density at radius 2 is 2.05 bits per heavy atom. The topological polar surface area (TPSA) is 24.9 Å². The molecule has 1 aromatic carbocycles. The molecule has 0 saturated heterocycles. The van der Waals surface area contributed by atoms with Gasteiger partial charge in [0, 0.05) is 17.6 Å². The first-order valence-electron chi connectivity index (χ1n) is 7.10. The van der Waals surface area contributed by atoms with Gasteiger partial charge >= 0.3 is 0 Å². The van der Waals surface area contributed by atoms with E-state index in [9.17, 15) is 0 Å². The Morgan fingerprint density at radius 1 is 1.20 bits per heavy atom. The molecule has 2 aromatic rings. The Balaban J connectivity index is 2.18. The summed E-state index contributed by atoms with van der Waals surface area (Å²) >= 11 is 1.76. The zero-order valence-electron chi connectivity index (χ0n) is 12.4. The van der Waals surface area contributed by atoms with Gasteiger partial charge in [-0.15, -0.1) is 0 Å². The fraction of sp³-hybridized carbons (Fsp3) is 0.353. The molecule has 106 valence electrons. The summed E-state index contributed by atoms with van der Waals surface area (Å²) in [6.45, 7) is 8.39. The van der Waals surface area contributed by atoms with Crippen LogP contribution in [0, 0.1) is 13.8 Å². The molecular weight excluding hydrogens is 264 g/mol. The lowest BCUT2D eigenvalue weighted by molar-refractivity contribution is 0.665. The quantitative estimate of drug-likeness (QED) is 0.799. The third-order valence-corrected chi connectivity index (χ3v) is 4.36. The summed E-state index contributed by atoms with van der Waals surface area (Å²) in [4.78, 5) is 5.84. The van der Waals surface area contributed by atoms with Gasteiger partial charge in [-0.2, -0.15) is 0 Å². The third kappa shape index (κ3) is 4.09. The highest BCUT2D eigenvalue weighted by molar-refractivity contribution is 7.99. The van der Waals surface area contributed by atoms with Crippen LogP contribution in [0.15, 0.2) is 46.5 Å². The number of hydrogen-bond donors (Lipinski definition) is 1. The minimum Gasteiger partial charge on any atom is -0.313 e. The van der Waals surface area contributed by atoms with Crippen LogP contribution in [-0.2, 0) is 6.54 Å². The first kappa shape index (κ1) is 15.1. The fourth-order valence-electron chi connectivity index (χ4n) is 1.97. The number of nitrogens with zero attached hydrogens (tertiary/aromatic N) is 1. The maximum atomic E-state index is 4.55. The van der Waals surface area contributed by atoms with Crippen molar-refractivity contribution in [3.05, 3.63) is 53.2 Å². The molecule has 0 atom stereocenters. The van der Waals surface area contributed by atoms with Gasteiger partial charge in [0.2, 0.25) is 0 Å². The molecule has 0 amide bonds. The highest BCUT2D eigenvalue weighted by Gasteiger charge is 2.07. The van der Waals surface area contributed by atoms with Crippen LogP contribution in [0.3, 0.4) is 0 Å².